The molecule has 1 N–H and O–H groups in total. The zero-order valence-electron chi connectivity index (χ0n) is 17.2. The number of amides is 1. The van der Waals surface area contributed by atoms with E-state index in [9.17, 15) is 9.36 Å². The number of hydrogen-bond donors (Lipinski definition) is 1. The molecule has 0 saturated heterocycles. The summed E-state index contributed by atoms with van der Waals surface area (Å²) in [4.78, 5) is 12.2. The van der Waals surface area contributed by atoms with Crippen LogP contribution in [0.15, 0.2) is 41.7 Å². The first-order chi connectivity index (χ1) is 12.6. The van der Waals surface area contributed by atoms with Crippen LogP contribution < -0.4 is 5.32 Å². The predicted octanol–water partition coefficient (Wildman–Crippen LogP) is 5.29. The topological polar surface area (TPSA) is 73.9 Å². The molecule has 0 radical (unpaired) electrons. The molecule has 0 aromatic heterocycles. The lowest BCUT2D eigenvalue weighted by molar-refractivity contribution is 0.0514. The van der Waals surface area contributed by atoms with Gasteiger partial charge in [-0.05, 0) is 53.5 Å². The minimum atomic E-state index is -3.38. The molecule has 7 heteroatoms. The van der Waals surface area contributed by atoms with Gasteiger partial charge in [0.05, 0.1) is 19.3 Å². The van der Waals surface area contributed by atoms with Gasteiger partial charge in [0.25, 0.3) is 0 Å². The van der Waals surface area contributed by atoms with E-state index in [0.29, 0.717) is 11.7 Å². The van der Waals surface area contributed by atoms with E-state index in [1.165, 1.54) is 0 Å². The summed E-state index contributed by atoms with van der Waals surface area (Å²) in [6.07, 6.45) is 1.72. The molecule has 0 unspecified atom stereocenters. The van der Waals surface area contributed by atoms with E-state index in [1.54, 1.807) is 47.6 Å². The minimum Gasteiger partial charge on any atom is -0.444 e. The fourth-order valence-electron chi connectivity index (χ4n) is 2.44. The molecule has 0 aliphatic rings. The highest BCUT2D eigenvalue weighted by Crippen LogP contribution is 2.55. The van der Waals surface area contributed by atoms with Gasteiger partial charge < -0.3 is 19.1 Å². The van der Waals surface area contributed by atoms with Crippen LogP contribution in [-0.2, 0) is 24.8 Å². The first kappa shape index (κ1) is 23.4. The number of allylic oxidation sites excluding steroid dienone is 1. The largest absolute Gasteiger partial charge is 0.444 e. The molecule has 0 aliphatic heterocycles. The Bertz CT molecular complexity index is 657. The summed E-state index contributed by atoms with van der Waals surface area (Å²) >= 11 is 0. The van der Waals surface area contributed by atoms with E-state index in [4.69, 9.17) is 13.8 Å². The number of nitrogens with one attached hydrogen (secondary N) is 1. The van der Waals surface area contributed by atoms with Crippen molar-refractivity contribution in [2.75, 3.05) is 13.2 Å². The summed E-state index contributed by atoms with van der Waals surface area (Å²) < 4.78 is 29.1. The zero-order valence-corrected chi connectivity index (χ0v) is 18.0. The Morgan fingerprint density at radius 1 is 1.15 bits per heavy atom. The first-order valence-electron chi connectivity index (χ1n) is 9.21. The van der Waals surface area contributed by atoms with Gasteiger partial charge in [-0.2, -0.15) is 0 Å². The molecule has 0 heterocycles. The second kappa shape index (κ2) is 10.6. The number of hydrogen-bond acceptors (Lipinski definition) is 5. The van der Waals surface area contributed by atoms with Crippen LogP contribution in [0.2, 0.25) is 0 Å². The third kappa shape index (κ3) is 8.74. The lowest BCUT2D eigenvalue weighted by Gasteiger charge is -2.24. The van der Waals surface area contributed by atoms with Gasteiger partial charge in [-0.25, -0.2) is 4.79 Å². The summed E-state index contributed by atoms with van der Waals surface area (Å²) in [7, 11) is -3.38. The Morgan fingerprint density at radius 3 is 2.19 bits per heavy atom. The molecule has 0 fully saturated rings. The molecule has 1 aromatic carbocycles. The van der Waals surface area contributed by atoms with E-state index in [0.717, 1.165) is 5.56 Å². The predicted molar refractivity (Wildman–Crippen MR) is 108 cm³/mol. The fraction of sp³-hybridized carbons (Fsp3) is 0.550. The monoisotopic (exact) mass is 397 g/mol. The van der Waals surface area contributed by atoms with Crippen molar-refractivity contribution in [1.29, 1.82) is 0 Å². The summed E-state index contributed by atoms with van der Waals surface area (Å²) in [6.45, 7) is 11.2. The molecule has 1 amide bonds. The number of ether oxygens (including phenoxy) is 1. The molecule has 0 saturated carbocycles. The lowest BCUT2D eigenvalue weighted by Crippen LogP contribution is -2.39. The van der Waals surface area contributed by atoms with E-state index in [2.05, 4.69) is 5.32 Å². The van der Waals surface area contributed by atoms with E-state index >= 15 is 0 Å². The second-order valence-electron chi connectivity index (χ2n) is 7.08. The average Bonchev–Trinajstić information content (AvgIpc) is 2.54. The fourth-order valence-corrected chi connectivity index (χ4v) is 3.97. The molecule has 1 aromatic rings. The highest BCUT2D eigenvalue weighted by atomic mass is 31.2. The molecule has 1 rings (SSSR count). The van der Waals surface area contributed by atoms with Crippen LogP contribution in [0.3, 0.4) is 0 Å². The molecule has 1 atom stereocenters. The maximum absolute atomic E-state index is 13.0. The van der Waals surface area contributed by atoms with Crippen LogP contribution in [0.4, 0.5) is 4.79 Å². The third-order valence-electron chi connectivity index (χ3n) is 3.47. The molecule has 0 bridgehead atoms. The maximum Gasteiger partial charge on any atom is 0.408 e. The molecule has 0 aliphatic carbocycles. The van der Waals surface area contributed by atoms with Crippen molar-refractivity contribution in [3.05, 3.63) is 47.3 Å². The van der Waals surface area contributed by atoms with Gasteiger partial charge in [0.15, 0.2) is 0 Å². The van der Waals surface area contributed by atoms with Gasteiger partial charge in [-0.1, -0.05) is 36.4 Å². The van der Waals surface area contributed by atoms with Crippen LogP contribution in [-0.4, -0.2) is 30.9 Å². The van der Waals surface area contributed by atoms with Crippen LogP contribution in [0, 0.1) is 0 Å². The van der Waals surface area contributed by atoms with Crippen LogP contribution >= 0.6 is 7.60 Å². The van der Waals surface area contributed by atoms with Crippen molar-refractivity contribution in [2.24, 2.45) is 0 Å². The number of carbonyl (C=O) groups is 1. The highest BCUT2D eigenvalue weighted by Gasteiger charge is 2.28. The van der Waals surface area contributed by atoms with E-state index < -0.39 is 25.3 Å². The van der Waals surface area contributed by atoms with Gasteiger partial charge in [0, 0.05) is 5.31 Å². The Balaban J connectivity index is 3.07. The van der Waals surface area contributed by atoms with Gasteiger partial charge in [0.1, 0.15) is 5.60 Å². The standard InChI is InChI=1S/C20H32NO5P/c1-7-24-27(23,25-8-2)16(3)14-18(15-17-12-10-9-11-13-17)21-19(22)26-20(4,5)6/h9-14,18H,7-8,15H2,1-6H3,(H,21,22)/b16-14+/t18-/m1/s1. The zero-order chi connectivity index (χ0) is 20.5. The van der Waals surface area contributed by atoms with Crippen molar-refractivity contribution in [3.63, 3.8) is 0 Å². The lowest BCUT2D eigenvalue weighted by atomic mass is 10.1. The van der Waals surface area contributed by atoms with Gasteiger partial charge in [0.2, 0.25) is 0 Å². The number of alkyl carbamates (subject to hydrolysis) is 1. The molecule has 6 nitrogen and oxygen atoms in total. The average molecular weight is 397 g/mol. The minimum absolute atomic E-state index is 0.269. The van der Waals surface area contributed by atoms with E-state index in [-0.39, 0.29) is 13.2 Å². The summed E-state index contributed by atoms with van der Waals surface area (Å²) in [5.41, 5.74) is 0.428. The van der Waals surface area contributed by atoms with Gasteiger partial charge in [-0.3, -0.25) is 4.57 Å². The normalized spacial score (nSPS) is 13.9. The summed E-state index contributed by atoms with van der Waals surface area (Å²) in [5, 5.41) is 3.30. The number of carbonyl (C=O) groups excluding carboxylic acids is 1. The Labute approximate surface area is 162 Å². The maximum atomic E-state index is 13.0. The quantitative estimate of drug-likeness (QED) is 0.573. The molecule has 27 heavy (non-hydrogen) atoms. The Hall–Kier alpha value is -1.62. The van der Waals surface area contributed by atoms with Gasteiger partial charge in [-0.15, -0.1) is 0 Å². The van der Waals surface area contributed by atoms with Gasteiger partial charge >= 0.3 is 13.7 Å². The molecule has 0 spiro atoms. The van der Waals surface area contributed by atoms with Crippen molar-refractivity contribution >= 4 is 13.7 Å². The molecular formula is C20H32NO5P. The van der Waals surface area contributed by atoms with Crippen molar-refractivity contribution in [3.8, 4) is 0 Å². The Morgan fingerprint density at radius 2 is 1.70 bits per heavy atom. The van der Waals surface area contributed by atoms with Crippen molar-refractivity contribution in [1.82, 2.24) is 5.32 Å². The van der Waals surface area contributed by atoms with Crippen LogP contribution in [0.5, 0.6) is 0 Å². The number of benzene rings is 1. The van der Waals surface area contributed by atoms with Crippen LogP contribution in [0.1, 0.15) is 47.1 Å². The Kier molecular flexibility index (Phi) is 9.23. The van der Waals surface area contributed by atoms with Crippen LogP contribution in [0.25, 0.3) is 0 Å². The summed E-state index contributed by atoms with van der Waals surface area (Å²) in [6, 6.07) is 9.31. The molecular weight excluding hydrogens is 365 g/mol. The SMILES string of the molecule is CCOP(=O)(OCC)/C(C)=C/[C@H](Cc1ccccc1)NC(=O)OC(C)(C)C. The second-order valence-corrected chi connectivity index (χ2v) is 9.30. The first-order valence-corrected chi connectivity index (χ1v) is 10.8. The van der Waals surface area contributed by atoms with Crippen molar-refractivity contribution < 1.29 is 23.1 Å². The summed E-state index contributed by atoms with van der Waals surface area (Å²) in [5.74, 6) is 0. The van der Waals surface area contributed by atoms with Crippen molar-refractivity contribution in [2.45, 2.75) is 59.6 Å². The third-order valence-corrected chi connectivity index (χ3v) is 5.68. The smallest absolute Gasteiger partial charge is 0.408 e. The molecule has 152 valence electrons. The number of rotatable bonds is 9. The van der Waals surface area contributed by atoms with E-state index in [1.807, 2.05) is 30.3 Å². The highest BCUT2D eigenvalue weighted by molar-refractivity contribution is 7.58.